The molecule has 2 heteroatoms. The third kappa shape index (κ3) is 3.28. The van der Waals surface area contributed by atoms with Crippen LogP contribution in [0.1, 0.15) is 23.5 Å². The maximum absolute atomic E-state index is 2.67. The molecule has 2 atom stereocenters. The van der Waals surface area contributed by atoms with Crippen LogP contribution < -0.4 is 4.90 Å². The summed E-state index contributed by atoms with van der Waals surface area (Å²) in [7, 11) is 0. The number of hydrogen-bond acceptors (Lipinski definition) is 2. The molecule has 2 aliphatic rings. The van der Waals surface area contributed by atoms with Gasteiger partial charge in [-0.1, -0.05) is 48.5 Å². The molecule has 0 spiro atoms. The van der Waals surface area contributed by atoms with Gasteiger partial charge in [0, 0.05) is 38.4 Å². The molecule has 0 N–H and O–H groups in total. The van der Waals surface area contributed by atoms with E-state index in [1.54, 1.807) is 0 Å². The first-order valence-corrected chi connectivity index (χ1v) is 8.89. The Bertz CT molecular complexity index is 644. The molecule has 2 fully saturated rings. The van der Waals surface area contributed by atoms with Crippen LogP contribution in [0.2, 0.25) is 0 Å². The largest absolute Gasteiger partial charge is 0.369 e. The monoisotopic (exact) mass is 306 g/mol. The molecule has 1 saturated carbocycles. The fourth-order valence-electron chi connectivity index (χ4n) is 3.98. The summed E-state index contributed by atoms with van der Waals surface area (Å²) in [5.41, 5.74) is 4.35. The van der Waals surface area contributed by atoms with E-state index in [2.05, 4.69) is 71.3 Å². The fraction of sp³-hybridized carbons (Fsp3) is 0.429. The molecular formula is C21H26N2. The van der Waals surface area contributed by atoms with Gasteiger partial charge in [0.2, 0.25) is 0 Å². The number of para-hydroxylation sites is 1. The Morgan fingerprint density at radius 3 is 2.30 bits per heavy atom. The quantitative estimate of drug-likeness (QED) is 0.845. The van der Waals surface area contributed by atoms with Crippen molar-refractivity contribution in [1.82, 2.24) is 4.90 Å². The normalized spacial score (nSPS) is 24.7. The van der Waals surface area contributed by atoms with Crippen molar-refractivity contribution >= 4 is 5.69 Å². The van der Waals surface area contributed by atoms with E-state index in [1.165, 1.54) is 42.9 Å². The zero-order valence-electron chi connectivity index (χ0n) is 14.0. The van der Waals surface area contributed by atoms with Gasteiger partial charge < -0.3 is 4.90 Å². The van der Waals surface area contributed by atoms with Gasteiger partial charge in [-0.05, 0) is 42.4 Å². The molecule has 1 heterocycles. The summed E-state index contributed by atoms with van der Waals surface area (Å²) in [5.74, 6) is 1.69. The van der Waals surface area contributed by atoms with E-state index in [0.717, 1.165) is 24.9 Å². The van der Waals surface area contributed by atoms with Gasteiger partial charge in [-0.2, -0.15) is 0 Å². The molecule has 1 aliphatic carbocycles. The van der Waals surface area contributed by atoms with Gasteiger partial charge in [-0.15, -0.1) is 0 Å². The Balaban J connectivity index is 1.29. The van der Waals surface area contributed by atoms with Gasteiger partial charge in [0.1, 0.15) is 0 Å². The molecule has 1 aliphatic heterocycles. The molecule has 2 unspecified atom stereocenters. The van der Waals surface area contributed by atoms with Crippen molar-refractivity contribution in [2.45, 2.75) is 19.3 Å². The number of nitrogens with zero attached hydrogens (tertiary/aromatic N) is 2. The number of anilines is 1. The first-order valence-electron chi connectivity index (χ1n) is 8.89. The summed E-state index contributed by atoms with van der Waals surface area (Å²) in [5, 5.41) is 0. The molecule has 0 radical (unpaired) electrons. The number of aryl methyl sites for hydroxylation is 1. The Hall–Kier alpha value is -1.80. The second kappa shape index (κ2) is 6.37. The Morgan fingerprint density at radius 2 is 1.57 bits per heavy atom. The van der Waals surface area contributed by atoms with Crippen molar-refractivity contribution in [3.05, 3.63) is 65.7 Å². The second-order valence-corrected chi connectivity index (χ2v) is 7.09. The SMILES string of the molecule is Cc1ccccc1N1CCN(CC2CC2c2ccccc2)CC1. The topological polar surface area (TPSA) is 6.48 Å². The number of rotatable bonds is 4. The molecule has 2 aromatic carbocycles. The summed E-state index contributed by atoms with van der Waals surface area (Å²) in [6.07, 6.45) is 1.38. The molecular weight excluding hydrogens is 280 g/mol. The van der Waals surface area contributed by atoms with Crippen molar-refractivity contribution in [3.8, 4) is 0 Å². The molecule has 0 aromatic heterocycles. The van der Waals surface area contributed by atoms with Crippen molar-refractivity contribution in [2.24, 2.45) is 5.92 Å². The smallest absolute Gasteiger partial charge is 0.0396 e. The average Bonchev–Trinajstić information content (AvgIpc) is 3.36. The lowest BCUT2D eigenvalue weighted by Crippen LogP contribution is -2.47. The van der Waals surface area contributed by atoms with Crippen LogP contribution in [-0.2, 0) is 0 Å². The highest BCUT2D eigenvalue weighted by molar-refractivity contribution is 5.53. The Morgan fingerprint density at radius 1 is 0.870 bits per heavy atom. The minimum absolute atomic E-state index is 0.811. The van der Waals surface area contributed by atoms with E-state index in [1.807, 2.05) is 0 Å². The van der Waals surface area contributed by atoms with Crippen LogP contribution in [0, 0.1) is 12.8 Å². The van der Waals surface area contributed by atoms with Gasteiger partial charge in [0.05, 0.1) is 0 Å². The van der Waals surface area contributed by atoms with Crippen LogP contribution in [0.25, 0.3) is 0 Å². The summed E-state index contributed by atoms with van der Waals surface area (Å²) >= 11 is 0. The number of piperazine rings is 1. The highest BCUT2D eigenvalue weighted by atomic mass is 15.3. The Labute approximate surface area is 139 Å². The lowest BCUT2D eigenvalue weighted by Gasteiger charge is -2.37. The molecule has 4 rings (SSSR count). The summed E-state index contributed by atoms with van der Waals surface area (Å²) in [4.78, 5) is 5.22. The highest BCUT2D eigenvalue weighted by Gasteiger charge is 2.39. The predicted octanol–water partition coefficient (Wildman–Crippen LogP) is 3.92. The van der Waals surface area contributed by atoms with Crippen LogP contribution in [0.5, 0.6) is 0 Å². The number of hydrogen-bond donors (Lipinski definition) is 0. The van der Waals surface area contributed by atoms with E-state index in [0.29, 0.717) is 0 Å². The van der Waals surface area contributed by atoms with Crippen LogP contribution in [0.4, 0.5) is 5.69 Å². The standard InChI is InChI=1S/C21H26N2/c1-17-7-5-6-10-21(17)23-13-11-22(12-14-23)16-19-15-20(19)18-8-3-2-4-9-18/h2-10,19-20H,11-16H2,1H3. The highest BCUT2D eigenvalue weighted by Crippen LogP contribution is 2.47. The second-order valence-electron chi connectivity index (χ2n) is 7.09. The van der Waals surface area contributed by atoms with Crippen LogP contribution >= 0.6 is 0 Å². The minimum atomic E-state index is 0.811. The lowest BCUT2D eigenvalue weighted by molar-refractivity contribution is 0.246. The molecule has 23 heavy (non-hydrogen) atoms. The van der Waals surface area contributed by atoms with Gasteiger partial charge in [0.15, 0.2) is 0 Å². The summed E-state index contributed by atoms with van der Waals surface area (Å²) < 4.78 is 0. The van der Waals surface area contributed by atoms with Gasteiger partial charge in [0.25, 0.3) is 0 Å². The minimum Gasteiger partial charge on any atom is -0.369 e. The molecule has 1 saturated heterocycles. The zero-order chi connectivity index (χ0) is 15.6. The molecule has 0 bridgehead atoms. The first-order chi connectivity index (χ1) is 11.3. The summed E-state index contributed by atoms with van der Waals surface area (Å²) in [6, 6.07) is 19.8. The van der Waals surface area contributed by atoms with Gasteiger partial charge in [-0.25, -0.2) is 0 Å². The van der Waals surface area contributed by atoms with Crippen LogP contribution in [0.3, 0.4) is 0 Å². The van der Waals surface area contributed by atoms with E-state index in [-0.39, 0.29) is 0 Å². The van der Waals surface area contributed by atoms with Crippen molar-refractivity contribution in [3.63, 3.8) is 0 Å². The average molecular weight is 306 g/mol. The third-order valence-electron chi connectivity index (χ3n) is 5.47. The fourth-order valence-corrected chi connectivity index (χ4v) is 3.98. The van der Waals surface area contributed by atoms with Gasteiger partial charge >= 0.3 is 0 Å². The zero-order valence-corrected chi connectivity index (χ0v) is 14.0. The Kier molecular flexibility index (Phi) is 4.09. The summed E-state index contributed by atoms with van der Waals surface area (Å²) in [6.45, 7) is 8.22. The lowest BCUT2D eigenvalue weighted by atomic mass is 10.1. The number of benzene rings is 2. The maximum Gasteiger partial charge on any atom is 0.0396 e. The molecule has 2 nitrogen and oxygen atoms in total. The van der Waals surface area contributed by atoms with E-state index in [9.17, 15) is 0 Å². The van der Waals surface area contributed by atoms with Crippen LogP contribution in [0.15, 0.2) is 54.6 Å². The first kappa shape index (κ1) is 14.8. The van der Waals surface area contributed by atoms with Crippen molar-refractivity contribution in [1.29, 1.82) is 0 Å². The maximum atomic E-state index is 2.67. The van der Waals surface area contributed by atoms with Crippen LogP contribution in [-0.4, -0.2) is 37.6 Å². The van der Waals surface area contributed by atoms with E-state index < -0.39 is 0 Å². The third-order valence-corrected chi connectivity index (χ3v) is 5.47. The van der Waals surface area contributed by atoms with Crippen molar-refractivity contribution in [2.75, 3.05) is 37.6 Å². The molecule has 120 valence electrons. The van der Waals surface area contributed by atoms with Gasteiger partial charge in [-0.3, -0.25) is 4.90 Å². The van der Waals surface area contributed by atoms with E-state index in [4.69, 9.17) is 0 Å². The van der Waals surface area contributed by atoms with Crippen molar-refractivity contribution < 1.29 is 0 Å². The molecule has 0 amide bonds. The predicted molar refractivity (Wildman–Crippen MR) is 97.1 cm³/mol. The van der Waals surface area contributed by atoms with E-state index >= 15 is 0 Å². The molecule has 2 aromatic rings.